The summed E-state index contributed by atoms with van der Waals surface area (Å²) in [6.45, 7) is 10.7. The van der Waals surface area contributed by atoms with Gasteiger partial charge in [0, 0.05) is 25.8 Å². The van der Waals surface area contributed by atoms with Gasteiger partial charge in [0.1, 0.15) is 18.1 Å². The first-order valence-electron chi connectivity index (χ1n) is 11.8. The first kappa shape index (κ1) is 23.4. The maximum Gasteiger partial charge on any atom is 0.415 e. The standard InChI is InChI=1S/C25H34FN5O2/c1-17(2)21-16-33-24(32)31(21)22-9-12-27-23(29-22)28-18(3)20-7-5-19(6-8-20)15-30-13-10-25(4,26)11-14-30/h5-9,12,17-18,21H,10-11,13-16H2,1-4H3,(H,27,28,29)/t18-,21+/m0/s1. The van der Waals surface area contributed by atoms with Gasteiger partial charge in [-0.1, -0.05) is 38.1 Å². The molecule has 2 saturated heterocycles. The van der Waals surface area contributed by atoms with Crippen molar-refractivity contribution in [3.63, 3.8) is 0 Å². The van der Waals surface area contributed by atoms with Gasteiger partial charge in [-0.15, -0.1) is 0 Å². The molecule has 2 aliphatic rings. The molecule has 0 radical (unpaired) electrons. The van der Waals surface area contributed by atoms with Crippen LogP contribution in [-0.4, -0.2) is 52.4 Å². The van der Waals surface area contributed by atoms with Gasteiger partial charge in [0.05, 0.1) is 12.1 Å². The number of carbonyl (C=O) groups excluding carboxylic acids is 1. The lowest BCUT2D eigenvalue weighted by atomic mass is 9.95. The summed E-state index contributed by atoms with van der Waals surface area (Å²) in [6, 6.07) is 10.1. The number of amides is 1. The molecule has 0 aliphatic carbocycles. The molecule has 1 amide bonds. The van der Waals surface area contributed by atoms with E-state index in [4.69, 9.17) is 4.74 Å². The topological polar surface area (TPSA) is 70.6 Å². The van der Waals surface area contributed by atoms with Crippen LogP contribution in [0.15, 0.2) is 36.5 Å². The molecule has 2 aromatic rings. The number of piperidine rings is 1. The van der Waals surface area contributed by atoms with Crippen LogP contribution in [0.1, 0.15) is 57.7 Å². The normalized spacial score (nSPS) is 21.8. The van der Waals surface area contributed by atoms with Crippen LogP contribution < -0.4 is 10.2 Å². The van der Waals surface area contributed by atoms with E-state index in [2.05, 4.69) is 65.2 Å². The van der Waals surface area contributed by atoms with Crippen molar-refractivity contribution < 1.29 is 13.9 Å². The Balaban J connectivity index is 1.38. The summed E-state index contributed by atoms with van der Waals surface area (Å²) in [6.07, 6.45) is 2.48. The van der Waals surface area contributed by atoms with E-state index in [1.165, 1.54) is 5.56 Å². The Kier molecular flexibility index (Phi) is 6.83. The first-order chi connectivity index (χ1) is 15.7. The second-order valence-electron chi connectivity index (χ2n) is 9.79. The van der Waals surface area contributed by atoms with Gasteiger partial charge in [-0.2, -0.15) is 4.98 Å². The van der Waals surface area contributed by atoms with E-state index in [-0.39, 0.29) is 24.1 Å². The van der Waals surface area contributed by atoms with Gasteiger partial charge in [0.2, 0.25) is 5.95 Å². The van der Waals surface area contributed by atoms with Crippen LogP contribution in [0.5, 0.6) is 0 Å². The fourth-order valence-corrected chi connectivity index (χ4v) is 4.37. The summed E-state index contributed by atoms with van der Waals surface area (Å²) in [5.41, 5.74) is 1.31. The second-order valence-corrected chi connectivity index (χ2v) is 9.79. The number of nitrogens with zero attached hydrogens (tertiary/aromatic N) is 4. The number of ether oxygens (including phenoxy) is 1. The Bertz CT molecular complexity index is 956. The van der Waals surface area contributed by atoms with Gasteiger partial charge in [0.15, 0.2) is 0 Å². The molecule has 0 unspecified atom stereocenters. The third-order valence-corrected chi connectivity index (χ3v) is 6.69. The van der Waals surface area contributed by atoms with Crippen LogP contribution in [0.25, 0.3) is 0 Å². The summed E-state index contributed by atoms with van der Waals surface area (Å²) in [5.74, 6) is 1.27. The number of likely N-dealkylation sites (tertiary alicyclic amines) is 1. The minimum Gasteiger partial charge on any atom is -0.447 e. The quantitative estimate of drug-likeness (QED) is 0.637. The van der Waals surface area contributed by atoms with Gasteiger partial charge in [0.25, 0.3) is 0 Å². The summed E-state index contributed by atoms with van der Waals surface area (Å²) in [5, 5.41) is 3.34. The van der Waals surface area contributed by atoms with Crippen molar-refractivity contribution >= 4 is 17.9 Å². The molecular weight excluding hydrogens is 421 g/mol. The minimum atomic E-state index is -1.02. The highest BCUT2D eigenvalue weighted by atomic mass is 19.1. The van der Waals surface area contributed by atoms with Gasteiger partial charge in [-0.3, -0.25) is 9.80 Å². The third kappa shape index (κ3) is 5.61. The number of anilines is 2. The Morgan fingerprint density at radius 3 is 2.55 bits per heavy atom. The second kappa shape index (κ2) is 9.63. The van der Waals surface area contributed by atoms with Crippen LogP contribution in [-0.2, 0) is 11.3 Å². The minimum absolute atomic E-state index is 0.0112. The molecule has 7 nitrogen and oxygen atoms in total. The number of alkyl halides is 1. The van der Waals surface area contributed by atoms with Crippen LogP contribution in [0.3, 0.4) is 0 Å². The van der Waals surface area contributed by atoms with Crippen molar-refractivity contribution in [2.45, 2.75) is 64.8 Å². The third-order valence-electron chi connectivity index (χ3n) is 6.69. The molecule has 3 heterocycles. The van der Waals surface area contributed by atoms with Crippen LogP contribution in [0.2, 0.25) is 0 Å². The van der Waals surface area contributed by atoms with E-state index in [0.29, 0.717) is 31.2 Å². The highest BCUT2D eigenvalue weighted by Crippen LogP contribution is 2.28. The summed E-state index contributed by atoms with van der Waals surface area (Å²) < 4.78 is 19.3. The van der Waals surface area contributed by atoms with Crippen molar-refractivity contribution in [2.75, 3.05) is 29.9 Å². The molecule has 2 aliphatic heterocycles. The fraction of sp³-hybridized carbons (Fsp3) is 0.560. The molecular formula is C25H34FN5O2. The maximum atomic E-state index is 14.0. The Labute approximate surface area is 195 Å². The SMILES string of the molecule is CC(C)[C@H]1COC(=O)N1c1ccnc(N[C@@H](C)c2ccc(CN3CCC(C)(F)CC3)cc2)n1. The van der Waals surface area contributed by atoms with Crippen molar-refractivity contribution in [1.82, 2.24) is 14.9 Å². The molecule has 2 atom stereocenters. The molecule has 0 spiro atoms. The lowest BCUT2D eigenvalue weighted by molar-refractivity contribution is 0.0705. The van der Waals surface area contributed by atoms with E-state index in [1.807, 2.05) is 0 Å². The molecule has 1 N–H and O–H groups in total. The van der Waals surface area contributed by atoms with Crippen LogP contribution >= 0.6 is 0 Å². The molecule has 8 heteroatoms. The number of rotatable bonds is 7. The molecule has 33 heavy (non-hydrogen) atoms. The van der Waals surface area contributed by atoms with Gasteiger partial charge < -0.3 is 10.1 Å². The average Bonchev–Trinajstić information content (AvgIpc) is 3.17. The van der Waals surface area contributed by atoms with Gasteiger partial charge >= 0.3 is 6.09 Å². The van der Waals surface area contributed by atoms with Crippen LogP contribution in [0, 0.1) is 5.92 Å². The number of halogens is 1. The van der Waals surface area contributed by atoms with Crippen molar-refractivity contribution in [2.24, 2.45) is 5.92 Å². The fourth-order valence-electron chi connectivity index (χ4n) is 4.37. The van der Waals surface area contributed by atoms with E-state index >= 15 is 0 Å². The number of aromatic nitrogens is 2. The molecule has 178 valence electrons. The summed E-state index contributed by atoms with van der Waals surface area (Å²) in [4.78, 5) is 25.1. The molecule has 1 aromatic carbocycles. The van der Waals surface area contributed by atoms with E-state index in [1.54, 1.807) is 24.1 Å². The Morgan fingerprint density at radius 1 is 1.18 bits per heavy atom. The lowest BCUT2D eigenvalue weighted by Gasteiger charge is -2.34. The number of cyclic esters (lactones) is 1. The number of hydrogen-bond acceptors (Lipinski definition) is 6. The van der Waals surface area contributed by atoms with E-state index in [9.17, 15) is 9.18 Å². The Hall–Kier alpha value is -2.74. The monoisotopic (exact) mass is 455 g/mol. The molecule has 0 bridgehead atoms. The summed E-state index contributed by atoms with van der Waals surface area (Å²) in [7, 11) is 0. The Morgan fingerprint density at radius 2 is 1.88 bits per heavy atom. The number of hydrogen-bond donors (Lipinski definition) is 1. The van der Waals surface area contributed by atoms with Crippen molar-refractivity contribution in [1.29, 1.82) is 0 Å². The average molecular weight is 456 g/mol. The van der Waals surface area contributed by atoms with Gasteiger partial charge in [-0.05, 0) is 49.8 Å². The van der Waals surface area contributed by atoms with E-state index < -0.39 is 5.67 Å². The number of carbonyl (C=O) groups is 1. The lowest BCUT2D eigenvalue weighted by Crippen LogP contribution is -2.39. The maximum absolute atomic E-state index is 14.0. The molecule has 2 fully saturated rings. The highest BCUT2D eigenvalue weighted by molar-refractivity contribution is 5.89. The smallest absolute Gasteiger partial charge is 0.415 e. The van der Waals surface area contributed by atoms with Crippen LogP contribution in [0.4, 0.5) is 21.0 Å². The zero-order chi connectivity index (χ0) is 23.6. The zero-order valence-corrected chi connectivity index (χ0v) is 19.9. The molecule has 4 rings (SSSR count). The first-order valence-corrected chi connectivity index (χ1v) is 11.8. The predicted molar refractivity (Wildman–Crippen MR) is 127 cm³/mol. The molecule has 0 saturated carbocycles. The van der Waals surface area contributed by atoms with Crippen molar-refractivity contribution in [3.05, 3.63) is 47.7 Å². The van der Waals surface area contributed by atoms with Gasteiger partial charge in [-0.25, -0.2) is 14.2 Å². The predicted octanol–water partition coefficient (Wildman–Crippen LogP) is 4.95. The van der Waals surface area contributed by atoms with Crippen molar-refractivity contribution in [3.8, 4) is 0 Å². The molecule has 1 aromatic heterocycles. The number of benzene rings is 1. The largest absolute Gasteiger partial charge is 0.447 e. The zero-order valence-electron chi connectivity index (χ0n) is 19.9. The highest BCUT2D eigenvalue weighted by Gasteiger charge is 2.37. The number of nitrogens with one attached hydrogen (secondary N) is 1. The van der Waals surface area contributed by atoms with E-state index in [0.717, 1.165) is 25.2 Å². The summed E-state index contributed by atoms with van der Waals surface area (Å²) >= 11 is 0.